The minimum atomic E-state index is -3.41. The number of carbonyl (C=O) groups excluding carboxylic acids is 1. The molecule has 1 heterocycles. The Morgan fingerprint density at radius 2 is 1.94 bits per heavy atom. The number of aliphatic hydroxyl groups excluding tert-OH is 1. The molecule has 2 atom stereocenters. The maximum Gasteiger partial charge on any atom is 0.410 e. The zero-order valence-electron chi connectivity index (χ0n) is 11.0. The zero-order chi connectivity index (χ0) is 14.1. The lowest BCUT2D eigenvalue weighted by molar-refractivity contribution is 0.0270. The summed E-state index contributed by atoms with van der Waals surface area (Å²) in [5.74, 6) is 0. The fourth-order valence-corrected chi connectivity index (χ4v) is 2.43. The molecule has 0 aromatic rings. The van der Waals surface area contributed by atoms with Crippen LogP contribution in [-0.4, -0.2) is 61.6 Å². The number of nitrogens with one attached hydrogen (secondary N) is 1. The first kappa shape index (κ1) is 15.2. The maximum absolute atomic E-state index is 11.7. The van der Waals surface area contributed by atoms with E-state index < -0.39 is 33.9 Å². The summed E-state index contributed by atoms with van der Waals surface area (Å²) in [6.07, 6.45) is -0.470. The SMILES string of the molecule is CC(C)(C)OC(=O)N1C[C@@H](O)[C@H](NS(C)(=O)=O)C1. The third kappa shape index (κ3) is 4.79. The lowest BCUT2D eigenvalue weighted by Crippen LogP contribution is -2.42. The van der Waals surface area contributed by atoms with Crippen molar-refractivity contribution in [3.8, 4) is 0 Å². The van der Waals surface area contributed by atoms with Crippen LogP contribution in [0.2, 0.25) is 0 Å². The van der Waals surface area contributed by atoms with Crippen molar-refractivity contribution in [1.29, 1.82) is 0 Å². The first-order valence-electron chi connectivity index (χ1n) is 5.61. The van der Waals surface area contributed by atoms with Gasteiger partial charge in [-0.15, -0.1) is 0 Å². The molecule has 1 fully saturated rings. The van der Waals surface area contributed by atoms with Crippen molar-refractivity contribution in [3.63, 3.8) is 0 Å². The highest BCUT2D eigenvalue weighted by atomic mass is 32.2. The van der Waals surface area contributed by atoms with Crippen LogP contribution in [0.15, 0.2) is 0 Å². The van der Waals surface area contributed by atoms with E-state index in [4.69, 9.17) is 4.74 Å². The molecule has 0 saturated carbocycles. The smallest absolute Gasteiger partial charge is 0.410 e. The van der Waals surface area contributed by atoms with Crippen molar-refractivity contribution in [2.45, 2.75) is 38.5 Å². The minimum absolute atomic E-state index is 0.0576. The lowest BCUT2D eigenvalue weighted by atomic mass is 10.2. The van der Waals surface area contributed by atoms with Crippen molar-refractivity contribution < 1.29 is 23.1 Å². The quantitative estimate of drug-likeness (QED) is 0.712. The number of carbonyl (C=O) groups is 1. The second kappa shape index (κ2) is 5.02. The highest BCUT2D eigenvalue weighted by molar-refractivity contribution is 7.88. The van der Waals surface area contributed by atoms with E-state index in [2.05, 4.69) is 4.72 Å². The molecule has 0 aromatic carbocycles. The minimum Gasteiger partial charge on any atom is -0.444 e. The average molecular weight is 280 g/mol. The Labute approximate surface area is 107 Å². The number of hydrogen-bond donors (Lipinski definition) is 2. The van der Waals surface area contributed by atoms with Crippen molar-refractivity contribution in [1.82, 2.24) is 9.62 Å². The Morgan fingerprint density at radius 1 is 1.39 bits per heavy atom. The molecule has 1 amide bonds. The molecule has 1 aliphatic rings. The summed E-state index contributed by atoms with van der Waals surface area (Å²) in [5.41, 5.74) is -0.621. The lowest BCUT2D eigenvalue weighted by Gasteiger charge is -2.24. The highest BCUT2D eigenvalue weighted by Gasteiger charge is 2.37. The highest BCUT2D eigenvalue weighted by Crippen LogP contribution is 2.16. The van der Waals surface area contributed by atoms with Gasteiger partial charge in [0.1, 0.15) is 5.60 Å². The van der Waals surface area contributed by atoms with E-state index in [1.54, 1.807) is 20.8 Å². The van der Waals surface area contributed by atoms with Crippen molar-refractivity contribution in [2.75, 3.05) is 19.3 Å². The molecule has 0 unspecified atom stereocenters. The largest absolute Gasteiger partial charge is 0.444 e. The molecular weight excluding hydrogens is 260 g/mol. The van der Waals surface area contributed by atoms with E-state index in [1.807, 2.05) is 0 Å². The number of ether oxygens (including phenoxy) is 1. The maximum atomic E-state index is 11.7. The molecule has 2 N–H and O–H groups in total. The van der Waals surface area contributed by atoms with Gasteiger partial charge in [-0.2, -0.15) is 0 Å². The molecule has 0 aliphatic carbocycles. The molecular formula is C10H20N2O5S. The van der Waals surface area contributed by atoms with Crippen LogP contribution in [0.1, 0.15) is 20.8 Å². The van der Waals surface area contributed by atoms with Crippen LogP contribution in [-0.2, 0) is 14.8 Å². The molecule has 0 aromatic heterocycles. The summed E-state index contributed by atoms with van der Waals surface area (Å²) in [5, 5.41) is 9.69. The van der Waals surface area contributed by atoms with Gasteiger partial charge in [-0.25, -0.2) is 17.9 Å². The van der Waals surface area contributed by atoms with Gasteiger partial charge in [-0.3, -0.25) is 0 Å². The summed E-state index contributed by atoms with van der Waals surface area (Å²) < 4.78 is 29.6. The van der Waals surface area contributed by atoms with Crippen molar-refractivity contribution in [2.24, 2.45) is 0 Å². The number of likely N-dealkylation sites (tertiary alicyclic amines) is 1. The molecule has 106 valence electrons. The molecule has 1 rings (SSSR count). The first-order valence-corrected chi connectivity index (χ1v) is 7.50. The Kier molecular flexibility index (Phi) is 4.24. The molecule has 7 nitrogen and oxygen atoms in total. The van der Waals surface area contributed by atoms with Gasteiger partial charge in [-0.1, -0.05) is 0 Å². The van der Waals surface area contributed by atoms with E-state index in [-0.39, 0.29) is 13.1 Å². The van der Waals surface area contributed by atoms with Gasteiger partial charge in [0.2, 0.25) is 10.0 Å². The number of aliphatic hydroxyl groups is 1. The summed E-state index contributed by atoms with van der Waals surface area (Å²) in [4.78, 5) is 13.0. The molecule has 1 saturated heterocycles. The topological polar surface area (TPSA) is 95.9 Å². The van der Waals surface area contributed by atoms with Crippen LogP contribution in [0.3, 0.4) is 0 Å². The van der Waals surface area contributed by atoms with Gasteiger partial charge in [0.25, 0.3) is 0 Å². The van der Waals surface area contributed by atoms with E-state index in [0.717, 1.165) is 6.26 Å². The van der Waals surface area contributed by atoms with Crippen LogP contribution < -0.4 is 4.72 Å². The molecule has 0 bridgehead atoms. The normalized spacial score (nSPS) is 25.3. The van der Waals surface area contributed by atoms with Gasteiger partial charge in [0, 0.05) is 6.54 Å². The van der Waals surface area contributed by atoms with Gasteiger partial charge in [0.05, 0.1) is 24.9 Å². The van der Waals surface area contributed by atoms with Crippen molar-refractivity contribution >= 4 is 16.1 Å². The van der Waals surface area contributed by atoms with Crippen LogP contribution in [0, 0.1) is 0 Å². The predicted molar refractivity (Wildman–Crippen MR) is 65.6 cm³/mol. The molecule has 0 radical (unpaired) electrons. The molecule has 8 heteroatoms. The van der Waals surface area contributed by atoms with E-state index in [1.165, 1.54) is 4.90 Å². The second-order valence-corrected chi connectivity index (χ2v) is 7.23. The summed E-state index contributed by atoms with van der Waals surface area (Å²) in [6.45, 7) is 5.38. The first-order chi connectivity index (χ1) is 7.98. The van der Waals surface area contributed by atoms with Crippen LogP contribution in [0.25, 0.3) is 0 Å². The molecule has 0 spiro atoms. The third-order valence-corrected chi connectivity index (χ3v) is 3.04. The Balaban J connectivity index is 2.61. The fraction of sp³-hybridized carbons (Fsp3) is 0.900. The number of sulfonamides is 1. The number of rotatable bonds is 2. The monoisotopic (exact) mass is 280 g/mol. The van der Waals surface area contributed by atoms with E-state index in [0.29, 0.717) is 0 Å². The van der Waals surface area contributed by atoms with Gasteiger partial charge >= 0.3 is 6.09 Å². The van der Waals surface area contributed by atoms with Gasteiger partial charge < -0.3 is 14.7 Å². The van der Waals surface area contributed by atoms with Crippen LogP contribution in [0.5, 0.6) is 0 Å². The third-order valence-electron chi connectivity index (χ3n) is 2.31. The van der Waals surface area contributed by atoms with Crippen molar-refractivity contribution in [3.05, 3.63) is 0 Å². The molecule has 18 heavy (non-hydrogen) atoms. The fourth-order valence-electron chi connectivity index (χ4n) is 1.65. The van der Waals surface area contributed by atoms with E-state index in [9.17, 15) is 18.3 Å². The number of hydrogen-bond acceptors (Lipinski definition) is 5. The van der Waals surface area contributed by atoms with Gasteiger partial charge in [-0.05, 0) is 20.8 Å². The van der Waals surface area contributed by atoms with Gasteiger partial charge in [0.15, 0.2) is 0 Å². The number of β-amino-alcohol motifs (C(OH)–C–C–N with tert-alkyl or cyclic N) is 1. The summed E-state index contributed by atoms with van der Waals surface area (Å²) >= 11 is 0. The second-order valence-electron chi connectivity index (χ2n) is 5.45. The number of amides is 1. The predicted octanol–water partition coefficient (Wildman–Crippen LogP) is -0.484. The molecule has 1 aliphatic heterocycles. The average Bonchev–Trinajstić information content (AvgIpc) is 2.42. The Bertz CT molecular complexity index is 414. The zero-order valence-corrected chi connectivity index (χ0v) is 11.8. The Morgan fingerprint density at radius 3 is 2.39 bits per heavy atom. The van der Waals surface area contributed by atoms with Crippen LogP contribution in [0.4, 0.5) is 4.79 Å². The van der Waals surface area contributed by atoms with E-state index >= 15 is 0 Å². The Hall–Kier alpha value is -0.860. The van der Waals surface area contributed by atoms with Crippen LogP contribution >= 0.6 is 0 Å². The summed E-state index contributed by atoms with van der Waals surface area (Å²) in [7, 11) is -3.41. The summed E-state index contributed by atoms with van der Waals surface area (Å²) in [6, 6.07) is -0.687. The standard InChI is InChI=1S/C10H20N2O5S/c1-10(2,3)17-9(14)12-5-7(8(13)6-12)11-18(4,15)16/h7-8,11,13H,5-6H2,1-4H3/t7-,8-/m1/s1. The number of nitrogens with zero attached hydrogens (tertiary/aromatic N) is 1.